The first-order valence-electron chi connectivity index (χ1n) is 15.6. The number of para-hydroxylation sites is 1. The topological polar surface area (TPSA) is 78.1 Å². The second kappa shape index (κ2) is 13.3. The molecule has 1 aliphatic rings. The van der Waals surface area contributed by atoms with Crippen LogP contribution in [0.15, 0.2) is 87.8 Å². The van der Waals surface area contributed by atoms with Gasteiger partial charge in [-0.3, -0.25) is 14.2 Å². The Kier molecular flexibility index (Phi) is 9.12. The summed E-state index contributed by atoms with van der Waals surface area (Å²) in [5, 5.41) is 1.74. The monoisotopic (exact) mass is 668 g/mol. The van der Waals surface area contributed by atoms with Crippen molar-refractivity contribution < 1.29 is 14.3 Å². The molecule has 2 aromatic heterocycles. The molecule has 1 atom stereocenters. The van der Waals surface area contributed by atoms with Crippen LogP contribution in [-0.4, -0.2) is 47.3 Å². The van der Waals surface area contributed by atoms with E-state index in [-0.39, 0.29) is 11.5 Å². The summed E-state index contributed by atoms with van der Waals surface area (Å²) >= 11 is 7.47. The highest BCUT2D eigenvalue weighted by Crippen LogP contribution is 2.38. The maximum absolute atomic E-state index is 14.6. The van der Waals surface area contributed by atoms with Crippen molar-refractivity contribution in [2.75, 3.05) is 27.3 Å². The van der Waals surface area contributed by atoms with Gasteiger partial charge in [-0.2, -0.15) is 0 Å². The van der Waals surface area contributed by atoms with E-state index in [0.717, 1.165) is 27.7 Å². The zero-order valence-corrected chi connectivity index (χ0v) is 28.9. The van der Waals surface area contributed by atoms with E-state index >= 15 is 0 Å². The van der Waals surface area contributed by atoms with Crippen LogP contribution in [0.4, 0.5) is 0 Å². The number of nitrogens with zero attached hydrogens (tertiary/aromatic N) is 4. The van der Waals surface area contributed by atoms with Gasteiger partial charge in [0, 0.05) is 52.4 Å². The molecule has 0 saturated heterocycles. The molecule has 3 aromatic carbocycles. The van der Waals surface area contributed by atoms with Crippen LogP contribution in [0.25, 0.3) is 17.0 Å². The molecule has 3 heterocycles. The summed E-state index contributed by atoms with van der Waals surface area (Å²) in [7, 11) is 3.17. The molecule has 0 unspecified atom stereocenters. The molecule has 1 aliphatic heterocycles. The Balaban J connectivity index is 1.58. The van der Waals surface area contributed by atoms with Gasteiger partial charge in [-0.05, 0) is 75.7 Å². The first kappa shape index (κ1) is 32.3. The fraction of sp³-hybridized carbons (Fsp3) is 0.270. The van der Waals surface area contributed by atoms with Crippen molar-refractivity contribution >= 4 is 45.8 Å². The highest BCUT2D eigenvalue weighted by molar-refractivity contribution is 7.07. The van der Waals surface area contributed by atoms with E-state index in [4.69, 9.17) is 26.1 Å². The van der Waals surface area contributed by atoms with Crippen molar-refractivity contribution in [2.24, 2.45) is 4.99 Å². The molecule has 0 saturated carbocycles. The predicted molar refractivity (Wildman–Crippen MR) is 188 cm³/mol. The number of allylic oxidation sites excluding steroid dienone is 1. The number of methoxy groups -OCH3 is 2. The smallest absolute Gasteiger partial charge is 0.271 e. The van der Waals surface area contributed by atoms with Crippen LogP contribution in [0, 0.1) is 6.92 Å². The number of likely N-dealkylation sites (N-methyl/N-ethyl adjacent to an activating group) is 1. The number of carbonyl (C=O) groups is 1. The molecule has 47 heavy (non-hydrogen) atoms. The van der Waals surface area contributed by atoms with E-state index in [1.165, 1.54) is 11.3 Å². The number of hydrogen-bond acceptors (Lipinski definition) is 6. The van der Waals surface area contributed by atoms with Crippen molar-refractivity contribution in [1.82, 2.24) is 14.0 Å². The van der Waals surface area contributed by atoms with Gasteiger partial charge in [0.15, 0.2) is 4.80 Å². The van der Waals surface area contributed by atoms with Gasteiger partial charge < -0.3 is 18.9 Å². The van der Waals surface area contributed by atoms with Crippen LogP contribution in [0.1, 0.15) is 49.2 Å². The summed E-state index contributed by atoms with van der Waals surface area (Å²) in [4.78, 5) is 35.8. The maximum atomic E-state index is 14.6. The summed E-state index contributed by atoms with van der Waals surface area (Å²) in [5.41, 5.74) is 5.63. The fourth-order valence-electron chi connectivity index (χ4n) is 6.37. The van der Waals surface area contributed by atoms with Gasteiger partial charge in [0.2, 0.25) is 0 Å². The van der Waals surface area contributed by atoms with Crippen LogP contribution in [0.3, 0.4) is 0 Å². The van der Waals surface area contributed by atoms with Gasteiger partial charge in [0.25, 0.3) is 11.5 Å². The SMILES string of the molecule is CCN(CC)C(=O)C1=C(C)N=c2s/c(=C/c3c(C)n(Cc4ccc(Cl)cc4)c4ccccc34)c(=O)n2[C@@H]1c1cc(OC)ccc1OC. The van der Waals surface area contributed by atoms with Gasteiger partial charge in [-0.1, -0.05) is 53.3 Å². The first-order valence-corrected chi connectivity index (χ1v) is 16.8. The van der Waals surface area contributed by atoms with Gasteiger partial charge >= 0.3 is 0 Å². The average molecular weight is 669 g/mol. The van der Waals surface area contributed by atoms with Gasteiger partial charge in [-0.25, -0.2) is 4.99 Å². The molecule has 5 aromatic rings. The minimum absolute atomic E-state index is 0.165. The van der Waals surface area contributed by atoms with Crippen molar-refractivity contribution in [1.29, 1.82) is 0 Å². The van der Waals surface area contributed by atoms with E-state index < -0.39 is 6.04 Å². The van der Waals surface area contributed by atoms with Crippen molar-refractivity contribution in [3.8, 4) is 11.5 Å². The summed E-state index contributed by atoms with van der Waals surface area (Å²) in [5.74, 6) is 0.976. The molecule has 0 radical (unpaired) electrons. The number of benzene rings is 3. The van der Waals surface area contributed by atoms with Crippen LogP contribution < -0.4 is 24.4 Å². The highest BCUT2D eigenvalue weighted by atomic mass is 35.5. The van der Waals surface area contributed by atoms with Gasteiger partial charge in [-0.15, -0.1) is 0 Å². The van der Waals surface area contributed by atoms with Crippen LogP contribution in [-0.2, 0) is 11.3 Å². The fourth-order valence-corrected chi connectivity index (χ4v) is 7.53. The molecule has 0 N–H and O–H groups in total. The largest absolute Gasteiger partial charge is 0.497 e. The number of aromatic nitrogens is 2. The minimum atomic E-state index is -0.765. The number of thiazole rings is 1. The number of carbonyl (C=O) groups excluding carboxylic acids is 1. The average Bonchev–Trinajstić information content (AvgIpc) is 3.53. The molecular weight excluding hydrogens is 632 g/mol. The molecule has 6 rings (SSSR count). The summed E-state index contributed by atoms with van der Waals surface area (Å²) < 4.78 is 15.8. The molecule has 0 bridgehead atoms. The summed E-state index contributed by atoms with van der Waals surface area (Å²) in [6, 6.07) is 20.7. The van der Waals surface area contributed by atoms with Crippen molar-refractivity contribution in [2.45, 2.75) is 40.3 Å². The van der Waals surface area contributed by atoms with Crippen molar-refractivity contribution in [3.63, 3.8) is 0 Å². The number of rotatable bonds is 9. The Hall–Kier alpha value is -4.60. The summed E-state index contributed by atoms with van der Waals surface area (Å²) in [6.45, 7) is 9.51. The molecule has 0 spiro atoms. The van der Waals surface area contributed by atoms with Gasteiger partial charge in [0.05, 0.1) is 30.0 Å². The van der Waals surface area contributed by atoms with E-state index in [9.17, 15) is 9.59 Å². The quantitative estimate of drug-likeness (QED) is 0.191. The maximum Gasteiger partial charge on any atom is 0.271 e. The zero-order chi connectivity index (χ0) is 33.4. The zero-order valence-electron chi connectivity index (χ0n) is 27.3. The molecule has 8 nitrogen and oxygen atoms in total. The number of hydrogen-bond donors (Lipinski definition) is 0. The minimum Gasteiger partial charge on any atom is -0.497 e. The normalized spacial score (nSPS) is 14.7. The van der Waals surface area contributed by atoms with Crippen LogP contribution >= 0.6 is 22.9 Å². The Morgan fingerprint density at radius 1 is 1.02 bits per heavy atom. The number of fused-ring (bicyclic) bond motifs is 2. The number of ether oxygens (including phenoxy) is 2. The number of halogens is 1. The summed E-state index contributed by atoms with van der Waals surface area (Å²) in [6.07, 6.45) is 1.96. The van der Waals surface area contributed by atoms with E-state index in [1.54, 1.807) is 35.8 Å². The third-order valence-electron chi connectivity index (χ3n) is 8.84. The highest BCUT2D eigenvalue weighted by Gasteiger charge is 2.36. The lowest BCUT2D eigenvalue weighted by atomic mass is 9.93. The predicted octanol–water partition coefficient (Wildman–Crippen LogP) is 6.09. The Morgan fingerprint density at radius 3 is 2.43 bits per heavy atom. The lowest BCUT2D eigenvalue weighted by molar-refractivity contribution is -0.127. The van der Waals surface area contributed by atoms with Gasteiger partial charge in [0.1, 0.15) is 17.5 Å². The van der Waals surface area contributed by atoms with E-state index in [1.807, 2.05) is 69.3 Å². The van der Waals surface area contributed by atoms with Crippen LogP contribution in [0.2, 0.25) is 5.02 Å². The molecule has 0 fully saturated rings. The van der Waals surface area contributed by atoms with E-state index in [0.29, 0.717) is 62.3 Å². The first-order chi connectivity index (χ1) is 22.7. The molecule has 10 heteroatoms. The second-order valence-electron chi connectivity index (χ2n) is 11.4. The van der Waals surface area contributed by atoms with E-state index in [2.05, 4.69) is 23.6 Å². The lowest BCUT2D eigenvalue weighted by Gasteiger charge is -2.30. The molecule has 1 amide bonds. The lowest BCUT2D eigenvalue weighted by Crippen LogP contribution is -2.43. The Morgan fingerprint density at radius 2 is 1.74 bits per heavy atom. The number of amides is 1. The second-order valence-corrected chi connectivity index (χ2v) is 12.8. The molecule has 0 aliphatic carbocycles. The van der Waals surface area contributed by atoms with Crippen LogP contribution in [0.5, 0.6) is 11.5 Å². The molecular formula is C37H37ClN4O4S. The van der Waals surface area contributed by atoms with Crippen molar-refractivity contribution in [3.05, 3.63) is 125 Å². The standard InChI is InChI=1S/C37H37ClN4O4S/c1-7-40(8-2)36(44)33-22(3)39-37-42(34(33)29-19-26(45-5)17-18-31(29)46-6)35(43)32(47-37)20-28-23(4)41(30-12-10-9-11-27(28)30)21-24-13-15-25(38)16-14-24/h9-20,34H,7-8,21H2,1-6H3/b32-20+/t34-/m1/s1. The third-order valence-corrected chi connectivity index (χ3v) is 10.1. The third kappa shape index (κ3) is 5.79. The molecule has 242 valence electrons. The Bertz CT molecular complexity index is 2210. The Labute approximate surface area is 282 Å².